The first kappa shape index (κ1) is 19.8. The summed E-state index contributed by atoms with van der Waals surface area (Å²) in [4.78, 5) is 11.9. The number of unbranched alkanes of at least 4 members (excludes halogenated alkanes) is 4. The fraction of sp³-hybridized carbons (Fsp3) is 0.409. The van der Waals surface area contributed by atoms with Crippen LogP contribution in [-0.4, -0.2) is 16.1 Å². The number of carbonyl (C=O) groups is 1. The standard InChI is InChI=1S/C22H29NO3/c1-2-3-4-5-6-7-22(26)23-19-12-9-17(10-13-19)8-11-18-16-20(24)14-15-21(18)25/h9-10,12-16,24-25H,2-8,11H2,1H3,(H,23,26). The molecule has 0 aliphatic rings. The number of aromatic hydroxyl groups is 2. The third-order valence-corrected chi connectivity index (χ3v) is 4.49. The predicted molar refractivity (Wildman–Crippen MR) is 106 cm³/mol. The molecule has 3 N–H and O–H groups in total. The van der Waals surface area contributed by atoms with Gasteiger partial charge in [-0.3, -0.25) is 4.79 Å². The van der Waals surface area contributed by atoms with Crippen LogP contribution in [0.15, 0.2) is 42.5 Å². The van der Waals surface area contributed by atoms with Crippen LogP contribution in [-0.2, 0) is 17.6 Å². The molecule has 0 fully saturated rings. The third-order valence-electron chi connectivity index (χ3n) is 4.49. The van der Waals surface area contributed by atoms with E-state index < -0.39 is 0 Å². The minimum Gasteiger partial charge on any atom is -0.508 e. The smallest absolute Gasteiger partial charge is 0.224 e. The Morgan fingerprint density at radius 3 is 2.38 bits per heavy atom. The molecule has 0 aromatic heterocycles. The Morgan fingerprint density at radius 2 is 1.65 bits per heavy atom. The van der Waals surface area contributed by atoms with Crippen molar-refractivity contribution < 1.29 is 15.0 Å². The van der Waals surface area contributed by atoms with E-state index in [0.29, 0.717) is 12.8 Å². The molecule has 4 nitrogen and oxygen atoms in total. The molecule has 2 aromatic rings. The first-order valence-corrected chi connectivity index (χ1v) is 9.48. The van der Waals surface area contributed by atoms with Crippen molar-refractivity contribution in [2.24, 2.45) is 0 Å². The number of nitrogens with one attached hydrogen (secondary N) is 1. The molecule has 0 saturated carbocycles. The SMILES string of the molecule is CCCCCCCC(=O)Nc1ccc(CCc2cc(O)ccc2O)cc1. The van der Waals surface area contributed by atoms with Gasteiger partial charge in [0.25, 0.3) is 0 Å². The average Bonchev–Trinajstić information content (AvgIpc) is 2.63. The lowest BCUT2D eigenvalue weighted by Gasteiger charge is -2.08. The molecule has 0 radical (unpaired) electrons. The van der Waals surface area contributed by atoms with E-state index in [1.807, 2.05) is 24.3 Å². The van der Waals surface area contributed by atoms with E-state index in [1.165, 1.54) is 31.4 Å². The largest absolute Gasteiger partial charge is 0.508 e. The number of phenolic OH excluding ortho intramolecular Hbond substituents is 2. The third kappa shape index (κ3) is 6.79. The van der Waals surface area contributed by atoms with Gasteiger partial charge >= 0.3 is 0 Å². The summed E-state index contributed by atoms with van der Waals surface area (Å²) in [5.74, 6) is 0.426. The zero-order chi connectivity index (χ0) is 18.8. The summed E-state index contributed by atoms with van der Waals surface area (Å²) < 4.78 is 0. The molecule has 2 rings (SSSR count). The summed E-state index contributed by atoms with van der Waals surface area (Å²) >= 11 is 0. The molecule has 0 bridgehead atoms. The van der Waals surface area contributed by atoms with Crippen molar-refractivity contribution in [1.82, 2.24) is 0 Å². The van der Waals surface area contributed by atoms with Gasteiger partial charge in [0, 0.05) is 12.1 Å². The van der Waals surface area contributed by atoms with Crippen LogP contribution in [0.5, 0.6) is 11.5 Å². The van der Waals surface area contributed by atoms with Gasteiger partial charge in [-0.05, 0) is 60.7 Å². The molecule has 26 heavy (non-hydrogen) atoms. The van der Waals surface area contributed by atoms with Crippen molar-refractivity contribution in [2.45, 2.75) is 58.3 Å². The Bertz CT molecular complexity index is 695. The number of rotatable bonds is 10. The highest BCUT2D eigenvalue weighted by atomic mass is 16.3. The van der Waals surface area contributed by atoms with Gasteiger partial charge < -0.3 is 15.5 Å². The number of amides is 1. The molecular weight excluding hydrogens is 326 g/mol. The van der Waals surface area contributed by atoms with Gasteiger partial charge in [0.15, 0.2) is 0 Å². The minimum atomic E-state index is 0.0685. The summed E-state index contributed by atoms with van der Waals surface area (Å²) in [7, 11) is 0. The van der Waals surface area contributed by atoms with E-state index in [4.69, 9.17) is 0 Å². The lowest BCUT2D eigenvalue weighted by molar-refractivity contribution is -0.116. The van der Waals surface area contributed by atoms with Crippen molar-refractivity contribution in [3.63, 3.8) is 0 Å². The number of anilines is 1. The maximum absolute atomic E-state index is 11.9. The molecule has 0 heterocycles. The van der Waals surface area contributed by atoms with Crippen LogP contribution in [0, 0.1) is 0 Å². The molecule has 0 unspecified atom stereocenters. The quantitative estimate of drug-likeness (QED) is 0.406. The molecule has 140 valence electrons. The van der Waals surface area contributed by atoms with Crippen LogP contribution < -0.4 is 5.32 Å². The van der Waals surface area contributed by atoms with Crippen LogP contribution in [0.3, 0.4) is 0 Å². The molecule has 0 atom stereocenters. The predicted octanol–water partition coefficient (Wildman–Crippen LogP) is 5.18. The van der Waals surface area contributed by atoms with Crippen molar-refractivity contribution in [3.8, 4) is 11.5 Å². The van der Waals surface area contributed by atoms with Crippen molar-refractivity contribution >= 4 is 11.6 Å². The van der Waals surface area contributed by atoms with E-state index >= 15 is 0 Å². The molecule has 0 spiro atoms. The van der Waals surface area contributed by atoms with Gasteiger partial charge in [0.1, 0.15) is 11.5 Å². The Labute approximate surface area is 155 Å². The van der Waals surface area contributed by atoms with E-state index in [9.17, 15) is 15.0 Å². The Morgan fingerprint density at radius 1 is 0.923 bits per heavy atom. The second-order valence-corrected chi connectivity index (χ2v) is 6.72. The molecule has 2 aromatic carbocycles. The maximum atomic E-state index is 11.9. The van der Waals surface area contributed by atoms with Gasteiger partial charge in [0.05, 0.1) is 0 Å². The lowest BCUT2D eigenvalue weighted by Crippen LogP contribution is -2.11. The minimum absolute atomic E-state index is 0.0685. The van der Waals surface area contributed by atoms with Crippen LogP contribution >= 0.6 is 0 Å². The first-order chi connectivity index (χ1) is 12.6. The van der Waals surface area contributed by atoms with Crippen molar-refractivity contribution in [1.29, 1.82) is 0 Å². The van der Waals surface area contributed by atoms with E-state index in [1.54, 1.807) is 6.07 Å². The van der Waals surface area contributed by atoms with Crippen LogP contribution in [0.4, 0.5) is 5.69 Å². The lowest BCUT2D eigenvalue weighted by atomic mass is 10.0. The second kappa shape index (κ2) is 10.5. The second-order valence-electron chi connectivity index (χ2n) is 6.72. The zero-order valence-electron chi connectivity index (χ0n) is 15.5. The summed E-state index contributed by atoms with van der Waals surface area (Å²) in [6.07, 6.45) is 7.67. The number of hydrogen-bond donors (Lipinski definition) is 3. The normalized spacial score (nSPS) is 10.7. The zero-order valence-corrected chi connectivity index (χ0v) is 15.5. The van der Waals surface area contributed by atoms with Gasteiger partial charge in [-0.15, -0.1) is 0 Å². The summed E-state index contributed by atoms with van der Waals surface area (Å²) in [5, 5.41) is 22.3. The van der Waals surface area contributed by atoms with Gasteiger partial charge in [-0.2, -0.15) is 0 Å². The molecule has 0 aliphatic heterocycles. The summed E-state index contributed by atoms with van der Waals surface area (Å²) in [6.45, 7) is 2.18. The monoisotopic (exact) mass is 355 g/mol. The first-order valence-electron chi connectivity index (χ1n) is 9.48. The van der Waals surface area contributed by atoms with Crippen LogP contribution in [0.25, 0.3) is 0 Å². The summed E-state index contributed by atoms with van der Waals surface area (Å²) in [6, 6.07) is 12.3. The van der Waals surface area contributed by atoms with E-state index in [-0.39, 0.29) is 17.4 Å². The molecule has 4 heteroatoms. The Hall–Kier alpha value is -2.49. The van der Waals surface area contributed by atoms with Gasteiger partial charge in [-0.1, -0.05) is 44.7 Å². The van der Waals surface area contributed by atoms with Crippen LogP contribution in [0.1, 0.15) is 56.6 Å². The number of phenols is 2. The number of carbonyl (C=O) groups excluding carboxylic acids is 1. The fourth-order valence-electron chi connectivity index (χ4n) is 2.92. The van der Waals surface area contributed by atoms with E-state index in [2.05, 4.69) is 12.2 Å². The Kier molecular flexibility index (Phi) is 8.00. The highest BCUT2D eigenvalue weighted by Gasteiger charge is 2.05. The molecular formula is C22H29NO3. The number of hydrogen-bond acceptors (Lipinski definition) is 3. The average molecular weight is 355 g/mol. The van der Waals surface area contributed by atoms with Gasteiger partial charge in [0.2, 0.25) is 5.91 Å². The maximum Gasteiger partial charge on any atom is 0.224 e. The number of aryl methyl sites for hydroxylation is 2. The van der Waals surface area contributed by atoms with Gasteiger partial charge in [-0.25, -0.2) is 0 Å². The highest BCUT2D eigenvalue weighted by Crippen LogP contribution is 2.23. The fourth-order valence-corrected chi connectivity index (χ4v) is 2.92. The molecule has 0 aliphatic carbocycles. The summed E-state index contributed by atoms with van der Waals surface area (Å²) in [5.41, 5.74) is 2.66. The number of benzene rings is 2. The van der Waals surface area contributed by atoms with Crippen LogP contribution in [0.2, 0.25) is 0 Å². The molecule has 0 saturated heterocycles. The molecule has 1 amide bonds. The van der Waals surface area contributed by atoms with E-state index in [0.717, 1.165) is 36.1 Å². The topological polar surface area (TPSA) is 69.6 Å². The van der Waals surface area contributed by atoms with Crippen molar-refractivity contribution in [3.05, 3.63) is 53.6 Å². The Balaban J connectivity index is 1.77. The van der Waals surface area contributed by atoms with Crippen molar-refractivity contribution in [2.75, 3.05) is 5.32 Å². The highest BCUT2D eigenvalue weighted by molar-refractivity contribution is 5.90.